The number of anilines is 1. The van der Waals surface area contributed by atoms with Crippen molar-refractivity contribution in [3.8, 4) is 0 Å². The lowest BCUT2D eigenvalue weighted by Crippen LogP contribution is -2.31. The lowest BCUT2D eigenvalue weighted by atomic mass is 10.2. The smallest absolute Gasteiger partial charge is 0.278 e. The number of aromatic nitrogens is 4. The van der Waals surface area contributed by atoms with Crippen LogP contribution in [0.15, 0.2) is 48.8 Å². The van der Waals surface area contributed by atoms with Crippen LogP contribution in [-0.4, -0.2) is 25.7 Å². The first kappa shape index (κ1) is 20.2. The fourth-order valence-electron chi connectivity index (χ4n) is 3.45. The van der Waals surface area contributed by atoms with Crippen molar-refractivity contribution in [3.63, 3.8) is 0 Å². The molecule has 0 unspecified atom stereocenters. The second kappa shape index (κ2) is 8.36. The molecule has 0 bridgehead atoms. The van der Waals surface area contributed by atoms with Gasteiger partial charge in [0.05, 0.1) is 16.8 Å². The van der Waals surface area contributed by atoms with Gasteiger partial charge in [-0.3, -0.25) is 19.4 Å². The van der Waals surface area contributed by atoms with Gasteiger partial charge in [-0.15, -0.1) is 0 Å². The average molecular weight is 420 g/mol. The summed E-state index contributed by atoms with van der Waals surface area (Å²) in [4.78, 5) is 24.2. The van der Waals surface area contributed by atoms with Crippen LogP contribution in [0.25, 0.3) is 10.2 Å². The van der Waals surface area contributed by atoms with Gasteiger partial charge >= 0.3 is 0 Å². The van der Waals surface area contributed by atoms with E-state index in [1.54, 1.807) is 17.3 Å². The van der Waals surface area contributed by atoms with E-state index >= 15 is 0 Å². The SMILES string of the molecule is CCc1ccc2nc(N(Cc3cccnc3)C(=O)c3cc(C)n(C(C)C)n3)sc2c1. The molecule has 6 nitrogen and oxygen atoms in total. The third-order valence-electron chi connectivity index (χ3n) is 5.02. The third-order valence-corrected chi connectivity index (χ3v) is 6.06. The van der Waals surface area contributed by atoms with Gasteiger partial charge in [-0.25, -0.2) is 4.98 Å². The number of amides is 1. The fraction of sp³-hybridized carbons (Fsp3) is 0.304. The van der Waals surface area contributed by atoms with Gasteiger partial charge in [-0.1, -0.05) is 30.4 Å². The highest BCUT2D eigenvalue weighted by Crippen LogP contribution is 2.31. The summed E-state index contributed by atoms with van der Waals surface area (Å²) in [7, 11) is 0. The number of pyridine rings is 1. The van der Waals surface area contributed by atoms with Crippen LogP contribution in [0.5, 0.6) is 0 Å². The summed E-state index contributed by atoms with van der Waals surface area (Å²) in [5.41, 5.74) is 4.50. The molecule has 7 heteroatoms. The van der Waals surface area contributed by atoms with Gasteiger partial charge in [0, 0.05) is 24.1 Å². The maximum atomic E-state index is 13.5. The monoisotopic (exact) mass is 419 g/mol. The molecule has 0 spiro atoms. The van der Waals surface area contributed by atoms with Gasteiger partial charge in [0.25, 0.3) is 5.91 Å². The summed E-state index contributed by atoms with van der Waals surface area (Å²) in [5.74, 6) is -0.156. The number of rotatable bonds is 6. The molecule has 0 aliphatic carbocycles. The van der Waals surface area contributed by atoms with Gasteiger partial charge in [0.2, 0.25) is 0 Å². The molecule has 4 rings (SSSR count). The number of benzene rings is 1. The Hall–Kier alpha value is -3.06. The van der Waals surface area contributed by atoms with Crippen molar-refractivity contribution in [2.45, 2.75) is 46.7 Å². The molecule has 30 heavy (non-hydrogen) atoms. The Morgan fingerprint density at radius 2 is 2.03 bits per heavy atom. The summed E-state index contributed by atoms with van der Waals surface area (Å²) in [5, 5.41) is 5.24. The van der Waals surface area contributed by atoms with Crippen LogP contribution in [-0.2, 0) is 13.0 Å². The standard InChI is InChI=1S/C23H25N5OS/c1-5-17-8-9-19-21(12-17)30-23(25-19)27(14-18-7-6-10-24-13-18)22(29)20-11-16(4)28(26-20)15(2)3/h6-13,15H,5,14H2,1-4H3. The first-order valence-electron chi connectivity index (χ1n) is 10.1. The molecule has 0 aliphatic rings. The predicted molar refractivity (Wildman–Crippen MR) is 121 cm³/mol. The fourth-order valence-corrected chi connectivity index (χ4v) is 4.47. The first-order valence-corrected chi connectivity index (χ1v) is 10.9. The van der Waals surface area contributed by atoms with Crippen molar-refractivity contribution in [2.75, 3.05) is 4.90 Å². The Morgan fingerprint density at radius 3 is 2.70 bits per heavy atom. The summed E-state index contributed by atoms with van der Waals surface area (Å²) in [6, 6.07) is 12.1. The second-order valence-electron chi connectivity index (χ2n) is 7.61. The zero-order valence-corrected chi connectivity index (χ0v) is 18.5. The lowest BCUT2D eigenvalue weighted by Gasteiger charge is -2.18. The Kier molecular flexibility index (Phi) is 5.63. The number of fused-ring (bicyclic) bond motifs is 1. The molecule has 0 fully saturated rings. The van der Waals surface area contributed by atoms with Crippen LogP contribution < -0.4 is 4.90 Å². The van der Waals surface area contributed by atoms with Crippen LogP contribution >= 0.6 is 11.3 Å². The zero-order valence-electron chi connectivity index (χ0n) is 17.7. The summed E-state index contributed by atoms with van der Waals surface area (Å²) < 4.78 is 2.96. The van der Waals surface area contributed by atoms with Crippen LogP contribution in [0, 0.1) is 6.92 Å². The van der Waals surface area contributed by atoms with Gasteiger partial charge in [0.1, 0.15) is 0 Å². The molecule has 4 aromatic rings. The summed E-state index contributed by atoms with van der Waals surface area (Å²) >= 11 is 1.53. The quantitative estimate of drug-likeness (QED) is 0.432. The van der Waals surface area contributed by atoms with Crippen molar-refractivity contribution in [1.82, 2.24) is 19.7 Å². The molecule has 1 aromatic carbocycles. The second-order valence-corrected chi connectivity index (χ2v) is 8.62. The molecule has 0 N–H and O–H groups in total. The normalized spacial score (nSPS) is 11.4. The number of thiazole rings is 1. The molecule has 0 saturated heterocycles. The Balaban J connectivity index is 1.76. The van der Waals surface area contributed by atoms with E-state index in [0.717, 1.165) is 27.9 Å². The maximum absolute atomic E-state index is 13.5. The summed E-state index contributed by atoms with van der Waals surface area (Å²) in [6.45, 7) is 8.61. The van der Waals surface area contributed by atoms with Gasteiger partial charge in [0.15, 0.2) is 10.8 Å². The van der Waals surface area contributed by atoms with E-state index in [0.29, 0.717) is 17.4 Å². The number of nitrogens with zero attached hydrogens (tertiary/aromatic N) is 5. The number of aryl methyl sites for hydroxylation is 2. The minimum atomic E-state index is -0.156. The van der Waals surface area contributed by atoms with E-state index in [-0.39, 0.29) is 11.9 Å². The molecule has 3 heterocycles. The maximum Gasteiger partial charge on any atom is 0.280 e. The molecule has 0 atom stereocenters. The summed E-state index contributed by atoms with van der Waals surface area (Å²) in [6.07, 6.45) is 4.47. The molecule has 154 valence electrons. The van der Waals surface area contributed by atoms with Crippen molar-refractivity contribution in [1.29, 1.82) is 0 Å². The minimum absolute atomic E-state index is 0.156. The van der Waals surface area contributed by atoms with Crippen LogP contribution in [0.2, 0.25) is 0 Å². The van der Waals surface area contributed by atoms with Crippen molar-refractivity contribution >= 4 is 32.6 Å². The highest BCUT2D eigenvalue weighted by atomic mass is 32.1. The number of carbonyl (C=O) groups excluding carboxylic acids is 1. The van der Waals surface area contributed by atoms with Gasteiger partial charge in [-0.05, 0) is 62.6 Å². The van der Waals surface area contributed by atoms with Crippen molar-refractivity contribution < 1.29 is 4.79 Å². The molecule has 1 amide bonds. The van der Waals surface area contributed by atoms with E-state index in [2.05, 4.69) is 43.0 Å². The topological polar surface area (TPSA) is 63.9 Å². The number of hydrogen-bond acceptors (Lipinski definition) is 5. The average Bonchev–Trinajstić information content (AvgIpc) is 3.35. The van der Waals surface area contributed by atoms with Gasteiger partial charge < -0.3 is 0 Å². The van der Waals surface area contributed by atoms with Crippen LogP contribution in [0.3, 0.4) is 0 Å². The van der Waals surface area contributed by atoms with Crippen LogP contribution in [0.4, 0.5) is 5.13 Å². The molecule has 0 aliphatic heterocycles. The largest absolute Gasteiger partial charge is 0.280 e. The van der Waals surface area contributed by atoms with Crippen molar-refractivity contribution in [3.05, 3.63) is 71.3 Å². The third kappa shape index (κ3) is 3.98. The van der Waals surface area contributed by atoms with E-state index in [1.165, 1.54) is 16.9 Å². The first-order chi connectivity index (χ1) is 14.5. The van der Waals surface area contributed by atoms with Crippen molar-refractivity contribution in [2.24, 2.45) is 0 Å². The van der Waals surface area contributed by atoms with Gasteiger partial charge in [-0.2, -0.15) is 5.10 Å². The van der Waals surface area contributed by atoms with E-state index in [4.69, 9.17) is 4.98 Å². The Bertz CT molecular complexity index is 1180. The van der Waals surface area contributed by atoms with E-state index in [1.807, 2.05) is 35.9 Å². The number of carbonyl (C=O) groups is 1. The predicted octanol–water partition coefficient (Wildman–Crippen LogP) is 5.19. The van der Waals surface area contributed by atoms with E-state index < -0.39 is 0 Å². The molecule has 3 aromatic heterocycles. The number of hydrogen-bond donors (Lipinski definition) is 0. The highest BCUT2D eigenvalue weighted by Gasteiger charge is 2.25. The zero-order chi connectivity index (χ0) is 21.3. The lowest BCUT2D eigenvalue weighted by molar-refractivity contribution is 0.0979. The Morgan fingerprint density at radius 1 is 1.20 bits per heavy atom. The minimum Gasteiger partial charge on any atom is -0.278 e. The Labute approximate surface area is 180 Å². The highest BCUT2D eigenvalue weighted by molar-refractivity contribution is 7.22. The molecule has 0 saturated carbocycles. The molecular weight excluding hydrogens is 394 g/mol. The van der Waals surface area contributed by atoms with Crippen LogP contribution in [0.1, 0.15) is 54.1 Å². The molecule has 0 radical (unpaired) electrons. The van der Waals surface area contributed by atoms with E-state index in [9.17, 15) is 4.79 Å². The molecular formula is C23H25N5OS.